The van der Waals surface area contributed by atoms with Crippen LogP contribution in [0.4, 0.5) is 4.79 Å². The Balaban J connectivity index is 2.20. The van der Waals surface area contributed by atoms with Crippen LogP contribution in [0.5, 0.6) is 0 Å². The second-order valence-corrected chi connectivity index (χ2v) is 18.1. The number of aliphatic hydroxyl groups is 3. The maximum Gasteiger partial charge on any atom is 0.407 e. The second kappa shape index (κ2) is 40.3. The van der Waals surface area contributed by atoms with Crippen LogP contribution in [0.3, 0.4) is 0 Å². The van der Waals surface area contributed by atoms with Crippen molar-refractivity contribution in [3.63, 3.8) is 0 Å². The molecule has 2 atom stereocenters. The number of aliphatic carboxylic acids is 5. The van der Waals surface area contributed by atoms with Gasteiger partial charge in [-0.1, -0.05) is 0 Å². The third-order valence-electron chi connectivity index (χ3n) is 12.0. The van der Waals surface area contributed by atoms with Gasteiger partial charge < -0.3 is 74.5 Å². The maximum absolute atomic E-state index is 12.2. The van der Waals surface area contributed by atoms with E-state index in [4.69, 9.17) is 28.8 Å². The van der Waals surface area contributed by atoms with E-state index in [-0.39, 0.29) is 203 Å². The molecule has 2 fully saturated rings. The predicted molar refractivity (Wildman–Crippen MR) is 262 cm³/mol. The predicted octanol–water partition coefficient (Wildman–Crippen LogP) is -5.37. The lowest BCUT2D eigenvalue weighted by Gasteiger charge is -2.35. The Bertz CT molecular complexity index is 1550. The zero-order chi connectivity index (χ0) is 54.5. The van der Waals surface area contributed by atoms with E-state index in [0.717, 1.165) is 0 Å². The van der Waals surface area contributed by atoms with Crippen LogP contribution in [0.15, 0.2) is 0 Å². The zero-order valence-electron chi connectivity index (χ0n) is 42.9. The molecule has 2 aliphatic rings. The summed E-state index contributed by atoms with van der Waals surface area (Å²) in [4.78, 5) is 85.8. The van der Waals surface area contributed by atoms with Crippen LogP contribution in [-0.4, -0.2) is 381 Å². The SMILES string of the molecule is O=C(O)CN1CCN(CC(=O)O)CCN(CC(O)CN(CCOCCOCCOCCOCCOCCO)CC(O)CN2CCN(CC(=O)O)CCN(CC(=O)O)CCN(C(=O)O)CC2)CCN(CC(=O)O)CC1. The van der Waals surface area contributed by atoms with Crippen molar-refractivity contribution in [2.24, 2.45) is 0 Å². The second-order valence-electron chi connectivity index (χ2n) is 18.1. The van der Waals surface area contributed by atoms with Crippen molar-refractivity contribution >= 4 is 35.9 Å². The van der Waals surface area contributed by atoms with E-state index in [1.807, 2.05) is 14.7 Å². The van der Waals surface area contributed by atoms with Gasteiger partial charge in [0.1, 0.15) is 0 Å². The lowest BCUT2D eigenvalue weighted by Crippen LogP contribution is -2.51. The molecule has 0 aliphatic carbocycles. The Morgan fingerprint density at radius 2 is 0.608 bits per heavy atom. The highest BCUT2D eigenvalue weighted by atomic mass is 16.6. The highest BCUT2D eigenvalue weighted by molar-refractivity contribution is 5.70. The zero-order valence-corrected chi connectivity index (χ0v) is 42.9. The lowest BCUT2D eigenvalue weighted by atomic mass is 10.2. The molecule has 0 spiro atoms. The quantitative estimate of drug-likeness (QED) is 0.0268. The number of rotatable bonds is 35. The summed E-state index contributed by atoms with van der Waals surface area (Å²) in [7, 11) is 0. The van der Waals surface area contributed by atoms with Gasteiger partial charge in [0.05, 0.1) is 118 Å². The maximum atomic E-state index is 12.2. The van der Waals surface area contributed by atoms with Crippen molar-refractivity contribution in [2.45, 2.75) is 12.2 Å². The van der Waals surface area contributed by atoms with Gasteiger partial charge in [-0.3, -0.25) is 63.2 Å². The first-order chi connectivity index (χ1) is 35.4. The number of aliphatic hydroxyl groups excluding tert-OH is 3. The van der Waals surface area contributed by atoms with Gasteiger partial charge in [0, 0.05) is 137 Å². The number of nitrogens with zero attached hydrogens (tertiary/aromatic N) is 9. The summed E-state index contributed by atoms with van der Waals surface area (Å²) in [6.07, 6.45) is -3.30. The standard InChI is InChI=1S/C45H85N9O20/c55-18-20-71-22-24-73-26-28-74-27-25-72-23-21-70-19-17-53(32-39(57)30-47-3-6-50(35-42(62)63)11-12-52(37-44(66)67)14-16-54(15-13-47)45(68)69)31-38(56)29-46-1-4-48(33-40(58)59)7-9-51(36-43(64)65)10-8-49(5-2-46)34-41(60)61/h38-39,55-57H,1-37H2,(H,58,59)(H,60,61)(H,62,63)(H,64,65)(H,66,67)(H,68,69). The van der Waals surface area contributed by atoms with Gasteiger partial charge in [0.2, 0.25) is 0 Å². The monoisotopic (exact) mass is 1070 g/mol. The van der Waals surface area contributed by atoms with Gasteiger partial charge in [0.25, 0.3) is 0 Å². The first kappa shape index (κ1) is 66.1. The number of carbonyl (C=O) groups is 6. The number of carboxylic acid groups (broad SMARTS) is 6. The van der Waals surface area contributed by atoms with Crippen molar-refractivity contribution < 1.29 is 98.4 Å². The van der Waals surface area contributed by atoms with Crippen LogP contribution >= 0.6 is 0 Å². The summed E-state index contributed by atoms with van der Waals surface area (Å²) < 4.78 is 27.5. The van der Waals surface area contributed by atoms with E-state index in [1.54, 1.807) is 24.5 Å². The molecular formula is C45H85N9O20. The van der Waals surface area contributed by atoms with Crippen LogP contribution in [0.2, 0.25) is 0 Å². The molecule has 9 N–H and O–H groups in total. The molecule has 2 rings (SSSR count). The van der Waals surface area contributed by atoms with Crippen molar-refractivity contribution in [2.75, 3.05) is 243 Å². The van der Waals surface area contributed by atoms with Gasteiger partial charge in [0.15, 0.2) is 0 Å². The van der Waals surface area contributed by atoms with Crippen molar-refractivity contribution in [1.29, 1.82) is 0 Å². The Morgan fingerprint density at radius 3 is 0.878 bits per heavy atom. The van der Waals surface area contributed by atoms with E-state index in [2.05, 4.69) is 0 Å². The molecule has 2 saturated heterocycles. The van der Waals surface area contributed by atoms with E-state index < -0.39 is 48.1 Å². The molecule has 74 heavy (non-hydrogen) atoms. The number of amides is 1. The third kappa shape index (κ3) is 34.5. The average molecular weight is 1070 g/mol. The fraction of sp³-hybridized carbons (Fsp3) is 0.867. The van der Waals surface area contributed by atoms with Crippen LogP contribution in [-0.2, 0) is 47.7 Å². The molecule has 2 heterocycles. The molecule has 0 saturated carbocycles. The average Bonchev–Trinajstić information content (AvgIpc) is 3.31. The normalized spacial score (nSPS) is 18.7. The molecule has 2 aliphatic heterocycles. The Hall–Kier alpha value is -4.02. The summed E-state index contributed by atoms with van der Waals surface area (Å²) in [5.74, 6) is -5.38. The van der Waals surface area contributed by atoms with Crippen LogP contribution in [0.25, 0.3) is 0 Å². The van der Waals surface area contributed by atoms with Crippen LogP contribution < -0.4 is 0 Å². The molecule has 2 unspecified atom stereocenters. The highest BCUT2D eigenvalue weighted by Gasteiger charge is 2.26. The van der Waals surface area contributed by atoms with Gasteiger partial charge in [-0.05, 0) is 0 Å². The van der Waals surface area contributed by atoms with Gasteiger partial charge in [-0.15, -0.1) is 0 Å². The van der Waals surface area contributed by atoms with Gasteiger partial charge >= 0.3 is 35.9 Å². The van der Waals surface area contributed by atoms with Crippen LogP contribution in [0.1, 0.15) is 0 Å². The fourth-order valence-corrected chi connectivity index (χ4v) is 8.22. The highest BCUT2D eigenvalue weighted by Crippen LogP contribution is 2.08. The summed E-state index contributed by atoms with van der Waals surface area (Å²) in [5, 5.41) is 90.0. The summed E-state index contributed by atoms with van der Waals surface area (Å²) in [5.41, 5.74) is 0. The van der Waals surface area contributed by atoms with E-state index in [9.17, 15) is 69.6 Å². The van der Waals surface area contributed by atoms with Crippen molar-refractivity contribution in [3.05, 3.63) is 0 Å². The fourth-order valence-electron chi connectivity index (χ4n) is 8.22. The minimum absolute atomic E-state index is 0.000275. The minimum atomic E-state index is -1.20. The number of carboxylic acids is 5. The topological polar surface area (TPSA) is 360 Å². The minimum Gasteiger partial charge on any atom is -0.480 e. The Kier molecular flexibility index (Phi) is 36.0. The first-order valence-corrected chi connectivity index (χ1v) is 25.1. The smallest absolute Gasteiger partial charge is 0.407 e. The molecule has 0 aromatic heterocycles. The summed E-state index contributed by atoms with van der Waals surface area (Å²) in [6.45, 7) is 5.01. The summed E-state index contributed by atoms with van der Waals surface area (Å²) >= 11 is 0. The number of hydrogen-bond donors (Lipinski definition) is 9. The first-order valence-electron chi connectivity index (χ1n) is 25.1. The van der Waals surface area contributed by atoms with E-state index >= 15 is 0 Å². The Labute approximate surface area is 432 Å². The van der Waals surface area contributed by atoms with Gasteiger partial charge in [-0.2, -0.15) is 0 Å². The number of hydrogen-bond acceptors (Lipinski definition) is 22. The van der Waals surface area contributed by atoms with Crippen molar-refractivity contribution in [1.82, 2.24) is 44.1 Å². The molecule has 29 heteroatoms. The lowest BCUT2D eigenvalue weighted by molar-refractivity contribution is -0.140. The Morgan fingerprint density at radius 1 is 0.365 bits per heavy atom. The molecule has 0 aromatic carbocycles. The largest absolute Gasteiger partial charge is 0.480 e. The molecule has 29 nitrogen and oxygen atoms in total. The molecular weight excluding hydrogens is 987 g/mol. The van der Waals surface area contributed by atoms with E-state index in [0.29, 0.717) is 39.6 Å². The number of β-amino-alcohol motifs (C(OH)–C–C–N with tert-alkyl or cyclic N) is 2. The summed E-state index contributed by atoms with van der Waals surface area (Å²) in [6, 6.07) is 0. The van der Waals surface area contributed by atoms with E-state index in [1.165, 1.54) is 4.90 Å². The third-order valence-corrected chi connectivity index (χ3v) is 12.0. The number of ether oxygens (including phenoxy) is 5. The van der Waals surface area contributed by atoms with Gasteiger partial charge in [-0.25, -0.2) is 4.79 Å². The molecule has 0 aromatic rings. The molecule has 0 bridgehead atoms. The molecule has 430 valence electrons. The molecule has 1 amide bonds. The van der Waals surface area contributed by atoms with Crippen molar-refractivity contribution in [3.8, 4) is 0 Å². The van der Waals surface area contributed by atoms with Crippen LogP contribution in [0, 0.1) is 0 Å². The molecule has 0 radical (unpaired) electrons.